The molecule has 0 atom stereocenters. The zero-order chi connectivity index (χ0) is 8.97. The van der Waals surface area contributed by atoms with Crippen molar-refractivity contribution >= 4 is 23.0 Å². The lowest BCUT2D eigenvalue weighted by atomic mass is 10.2. The molecule has 1 rings (SSSR count). The molecule has 5 N–H and O–H groups in total. The number of nitrogens with one attached hydrogen (secondary N) is 1. The summed E-state index contributed by atoms with van der Waals surface area (Å²) in [7, 11) is 0. The second kappa shape index (κ2) is 4.18. The van der Waals surface area contributed by atoms with Crippen molar-refractivity contribution in [2.75, 3.05) is 24.1 Å². The normalized spacial score (nSPS) is 9.83. The number of para-hydroxylation sites is 1. The molecule has 0 heterocycles. The molecule has 0 aliphatic rings. The number of halogens is 1. The van der Waals surface area contributed by atoms with Gasteiger partial charge in [0, 0.05) is 13.1 Å². The maximum Gasteiger partial charge on any atom is 0.0763 e. The molecule has 0 aliphatic heterocycles. The van der Waals surface area contributed by atoms with Crippen molar-refractivity contribution in [3.63, 3.8) is 0 Å². The van der Waals surface area contributed by atoms with Crippen LogP contribution in [0.2, 0.25) is 5.02 Å². The average Bonchev–Trinajstić information content (AvgIpc) is 2.04. The van der Waals surface area contributed by atoms with E-state index in [-0.39, 0.29) is 0 Å². The van der Waals surface area contributed by atoms with Gasteiger partial charge in [0.1, 0.15) is 0 Å². The third-order valence-electron chi connectivity index (χ3n) is 1.49. The van der Waals surface area contributed by atoms with E-state index in [1.807, 2.05) is 6.07 Å². The van der Waals surface area contributed by atoms with Gasteiger partial charge in [-0.2, -0.15) is 0 Å². The number of rotatable bonds is 3. The molecule has 0 bridgehead atoms. The quantitative estimate of drug-likeness (QED) is 0.622. The number of hydrogen-bond acceptors (Lipinski definition) is 3. The van der Waals surface area contributed by atoms with Crippen LogP contribution in [0, 0.1) is 0 Å². The molecule has 0 aliphatic carbocycles. The van der Waals surface area contributed by atoms with Gasteiger partial charge >= 0.3 is 0 Å². The van der Waals surface area contributed by atoms with E-state index in [4.69, 9.17) is 23.1 Å². The number of nitrogens with two attached hydrogens (primary N) is 2. The molecule has 66 valence electrons. The summed E-state index contributed by atoms with van der Waals surface area (Å²) < 4.78 is 0. The second-order valence-electron chi connectivity index (χ2n) is 2.42. The Balaban J connectivity index is 2.81. The third-order valence-corrected chi connectivity index (χ3v) is 1.81. The van der Waals surface area contributed by atoms with Crippen LogP contribution >= 0.6 is 11.6 Å². The van der Waals surface area contributed by atoms with Gasteiger partial charge in [0.2, 0.25) is 0 Å². The molecule has 0 fully saturated rings. The first kappa shape index (κ1) is 9.16. The first-order valence-electron chi connectivity index (χ1n) is 3.73. The monoisotopic (exact) mass is 185 g/mol. The van der Waals surface area contributed by atoms with Crippen molar-refractivity contribution in [3.8, 4) is 0 Å². The van der Waals surface area contributed by atoms with E-state index in [0.29, 0.717) is 23.8 Å². The second-order valence-corrected chi connectivity index (χ2v) is 2.83. The van der Waals surface area contributed by atoms with Gasteiger partial charge in [0.25, 0.3) is 0 Å². The number of anilines is 2. The van der Waals surface area contributed by atoms with Crippen molar-refractivity contribution in [1.82, 2.24) is 0 Å². The lowest BCUT2D eigenvalue weighted by molar-refractivity contribution is 1.03. The molecular weight excluding hydrogens is 174 g/mol. The SMILES string of the molecule is NCCNc1c(N)cccc1Cl. The molecule has 0 saturated carbocycles. The van der Waals surface area contributed by atoms with E-state index in [1.165, 1.54) is 0 Å². The van der Waals surface area contributed by atoms with E-state index in [0.717, 1.165) is 5.69 Å². The maximum atomic E-state index is 5.88. The average molecular weight is 186 g/mol. The van der Waals surface area contributed by atoms with Gasteiger partial charge in [-0.25, -0.2) is 0 Å². The summed E-state index contributed by atoms with van der Waals surface area (Å²) in [6.45, 7) is 1.23. The summed E-state index contributed by atoms with van der Waals surface area (Å²) in [6.07, 6.45) is 0. The summed E-state index contributed by atoms with van der Waals surface area (Å²) in [5.74, 6) is 0. The Bertz CT molecular complexity index is 242. The molecule has 0 spiro atoms. The molecule has 0 amide bonds. The molecule has 3 nitrogen and oxygen atoms in total. The van der Waals surface area contributed by atoms with Gasteiger partial charge in [-0.3, -0.25) is 0 Å². The number of nitrogen functional groups attached to an aromatic ring is 1. The summed E-state index contributed by atoms with van der Waals surface area (Å²) in [5, 5.41) is 3.68. The number of hydrogen-bond donors (Lipinski definition) is 3. The van der Waals surface area contributed by atoms with Crippen molar-refractivity contribution in [2.24, 2.45) is 5.73 Å². The predicted molar refractivity (Wildman–Crippen MR) is 53.4 cm³/mol. The van der Waals surface area contributed by atoms with E-state index in [1.54, 1.807) is 12.1 Å². The Kier molecular flexibility index (Phi) is 3.19. The highest BCUT2D eigenvalue weighted by atomic mass is 35.5. The molecule has 12 heavy (non-hydrogen) atoms. The fourth-order valence-electron chi connectivity index (χ4n) is 0.924. The van der Waals surface area contributed by atoms with Crippen LogP contribution in [-0.4, -0.2) is 13.1 Å². The van der Waals surface area contributed by atoms with E-state index >= 15 is 0 Å². The lowest BCUT2D eigenvalue weighted by Gasteiger charge is -2.09. The van der Waals surface area contributed by atoms with Crippen LogP contribution in [0.15, 0.2) is 18.2 Å². The minimum absolute atomic E-state index is 0.560. The molecule has 0 unspecified atom stereocenters. The first-order chi connectivity index (χ1) is 5.75. The van der Waals surface area contributed by atoms with Crippen molar-refractivity contribution in [3.05, 3.63) is 23.2 Å². The van der Waals surface area contributed by atoms with E-state index < -0.39 is 0 Å². The van der Waals surface area contributed by atoms with Crippen LogP contribution in [0.5, 0.6) is 0 Å². The van der Waals surface area contributed by atoms with Crippen molar-refractivity contribution in [2.45, 2.75) is 0 Å². The van der Waals surface area contributed by atoms with Gasteiger partial charge in [0.05, 0.1) is 16.4 Å². The molecule has 4 heteroatoms. The Hall–Kier alpha value is -0.930. The Labute approximate surface area is 76.7 Å². The lowest BCUT2D eigenvalue weighted by Crippen LogP contribution is -2.14. The van der Waals surface area contributed by atoms with Crippen molar-refractivity contribution in [1.29, 1.82) is 0 Å². The molecule has 0 aromatic heterocycles. The summed E-state index contributed by atoms with van der Waals surface area (Å²) in [4.78, 5) is 0. The van der Waals surface area contributed by atoms with Crippen LogP contribution < -0.4 is 16.8 Å². The van der Waals surface area contributed by atoms with E-state index in [9.17, 15) is 0 Å². The Morgan fingerprint density at radius 1 is 1.42 bits per heavy atom. The fourth-order valence-corrected chi connectivity index (χ4v) is 1.17. The standard InChI is InChI=1S/C8H12ClN3/c9-6-2-1-3-7(11)8(6)12-5-4-10/h1-3,12H,4-5,10-11H2. The predicted octanol–water partition coefficient (Wildman–Crippen LogP) is 1.29. The van der Waals surface area contributed by atoms with Gasteiger partial charge in [-0.1, -0.05) is 17.7 Å². The molecule has 0 saturated heterocycles. The van der Waals surface area contributed by atoms with Crippen LogP contribution in [0.1, 0.15) is 0 Å². The van der Waals surface area contributed by atoms with Crippen LogP contribution in [0.4, 0.5) is 11.4 Å². The topological polar surface area (TPSA) is 64.1 Å². The molecule has 1 aromatic carbocycles. The number of benzene rings is 1. The Morgan fingerprint density at radius 2 is 2.17 bits per heavy atom. The third kappa shape index (κ3) is 2.03. The summed E-state index contributed by atoms with van der Waals surface area (Å²) >= 11 is 5.88. The highest BCUT2D eigenvalue weighted by Gasteiger charge is 2.01. The highest BCUT2D eigenvalue weighted by Crippen LogP contribution is 2.27. The zero-order valence-electron chi connectivity index (χ0n) is 6.68. The van der Waals surface area contributed by atoms with E-state index in [2.05, 4.69) is 5.32 Å². The van der Waals surface area contributed by atoms with Crippen LogP contribution in [0.3, 0.4) is 0 Å². The summed E-state index contributed by atoms with van der Waals surface area (Å²) in [5.41, 5.74) is 12.4. The fraction of sp³-hybridized carbons (Fsp3) is 0.250. The van der Waals surface area contributed by atoms with Crippen LogP contribution in [0.25, 0.3) is 0 Å². The van der Waals surface area contributed by atoms with Crippen molar-refractivity contribution < 1.29 is 0 Å². The largest absolute Gasteiger partial charge is 0.397 e. The zero-order valence-corrected chi connectivity index (χ0v) is 7.43. The maximum absolute atomic E-state index is 5.88. The first-order valence-corrected chi connectivity index (χ1v) is 4.11. The highest BCUT2D eigenvalue weighted by molar-refractivity contribution is 6.33. The van der Waals surface area contributed by atoms with Gasteiger partial charge < -0.3 is 16.8 Å². The smallest absolute Gasteiger partial charge is 0.0763 e. The minimum Gasteiger partial charge on any atom is -0.397 e. The Morgan fingerprint density at radius 3 is 2.75 bits per heavy atom. The minimum atomic E-state index is 0.560. The molecule has 1 aromatic rings. The van der Waals surface area contributed by atoms with Gasteiger partial charge in [-0.15, -0.1) is 0 Å². The summed E-state index contributed by atoms with van der Waals surface area (Å²) in [6, 6.07) is 5.40. The van der Waals surface area contributed by atoms with Gasteiger partial charge in [0.15, 0.2) is 0 Å². The van der Waals surface area contributed by atoms with Gasteiger partial charge in [-0.05, 0) is 12.1 Å². The molecule has 0 radical (unpaired) electrons. The molecular formula is C8H12ClN3. The van der Waals surface area contributed by atoms with Crippen LogP contribution in [-0.2, 0) is 0 Å².